The number of halogens is 1. The number of nitrogens with one attached hydrogen (secondary N) is 2. The Hall–Kier alpha value is -1.81. The first-order valence-corrected chi connectivity index (χ1v) is 6.33. The molecule has 0 bridgehead atoms. The highest BCUT2D eigenvalue weighted by Crippen LogP contribution is 2.21. The molecular weight excluding hydrogens is 292 g/mol. The predicted molar refractivity (Wildman–Crippen MR) is 78.0 cm³/mol. The van der Waals surface area contributed by atoms with Crippen molar-refractivity contribution < 1.29 is 4.79 Å². The minimum absolute atomic E-state index is 0.257. The van der Waals surface area contributed by atoms with E-state index in [1.54, 1.807) is 0 Å². The average molecular weight is 305 g/mol. The number of carbonyl (C=O) groups excluding carboxylic acids is 1. The molecule has 0 radical (unpaired) electrons. The second kappa shape index (κ2) is 5.69. The first-order valence-electron chi connectivity index (χ1n) is 5.54. The third-order valence-electron chi connectivity index (χ3n) is 2.40. The maximum absolute atomic E-state index is 11.8. The van der Waals surface area contributed by atoms with Crippen molar-refractivity contribution in [3.05, 3.63) is 58.6 Å². The summed E-state index contributed by atoms with van der Waals surface area (Å²) in [7, 11) is 0. The van der Waals surface area contributed by atoms with Crippen LogP contribution in [0, 0.1) is 6.92 Å². The summed E-state index contributed by atoms with van der Waals surface area (Å²) in [5, 5.41) is 5.57. The summed E-state index contributed by atoms with van der Waals surface area (Å²) in [6.07, 6.45) is 0. The molecule has 2 amide bonds. The largest absolute Gasteiger partial charge is 0.323 e. The van der Waals surface area contributed by atoms with Crippen LogP contribution in [0.2, 0.25) is 0 Å². The van der Waals surface area contributed by atoms with Crippen LogP contribution in [0.5, 0.6) is 0 Å². The average Bonchev–Trinajstić information content (AvgIpc) is 2.32. The zero-order valence-corrected chi connectivity index (χ0v) is 11.5. The number of carbonyl (C=O) groups is 1. The second-order valence-corrected chi connectivity index (χ2v) is 4.78. The van der Waals surface area contributed by atoms with Crippen molar-refractivity contribution in [1.82, 2.24) is 0 Å². The summed E-state index contributed by atoms with van der Waals surface area (Å²) >= 11 is 3.38. The Morgan fingerprint density at radius 3 is 2.56 bits per heavy atom. The van der Waals surface area contributed by atoms with Gasteiger partial charge in [-0.2, -0.15) is 0 Å². The van der Waals surface area contributed by atoms with E-state index in [-0.39, 0.29) is 6.03 Å². The van der Waals surface area contributed by atoms with Crippen molar-refractivity contribution in [2.24, 2.45) is 0 Å². The van der Waals surface area contributed by atoms with E-state index < -0.39 is 0 Å². The van der Waals surface area contributed by atoms with E-state index in [0.29, 0.717) is 0 Å². The van der Waals surface area contributed by atoms with Gasteiger partial charge in [-0.25, -0.2) is 4.79 Å². The maximum Gasteiger partial charge on any atom is 0.323 e. The molecule has 18 heavy (non-hydrogen) atoms. The van der Waals surface area contributed by atoms with Gasteiger partial charge < -0.3 is 10.6 Å². The van der Waals surface area contributed by atoms with Gasteiger partial charge in [-0.1, -0.05) is 24.3 Å². The monoisotopic (exact) mass is 304 g/mol. The van der Waals surface area contributed by atoms with Crippen molar-refractivity contribution in [2.45, 2.75) is 6.92 Å². The Balaban J connectivity index is 2.03. The Labute approximate surface area is 114 Å². The van der Waals surface area contributed by atoms with E-state index in [9.17, 15) is 4.79 Å². The number of aryl methyl sites for hydroxylation is 1. The molecule has 0 aliphatic heterocycles. The molecule has 0 aromatic heterocycles. The lowest BCUT2D eigenvalue weighted by atomic mass is 10.2. The summed E-state index contributed by atoms with van der Waals surface area (Å²) in [6.45, 7) is 1.98. The van der Waals surface area contributed by atoms with Crippen LogP contribution in [-0.2, 0) is 0 Å². The third-order valence-corrected chi connectivity index (χ3v) is 3.09. The van der Waals surface area contributed by atoms with Gasteiger partial charge >= 0.3 is 6.03 Å². The Morgan fingerprint density at radius 1 is 1.06 bits per heavy atom. The summed E-state index contributed by atoms with van der Waals surface area (Å²) in [5.74, 6) is 0. The summed E-state index contributed by atoms with van der Waals surface area (Å²) in [5.41, 5.74) is 2.62. The molecule has 0 unspecified atom stereocenters. The minimum Gasteiger partial charge on any atom is -0.308 e. The van der Waals surface area contributed by atoms with Gasteiger partial charge in [0.2, 0.25) is 0 Å². The fourth-order valence-corrected chi connectivity index (χ4v) is 1.95. The molecule has 0 heterocycles. The number of para-hydroxylation sites is 1. The molecule has 2 aromatic carbocycles. The van der Waals surface area contributed by atoms with Crippen molar-refractivity contribution in [1.29, 1.82) is 0 Å². The Morgan fingerprint density at radius 2 is 1.83 bits per heavy atom. The van der Waals surface area contributed by atoms with Crippen molar-refractivity contribution >= 4 is 33.3 Å². The summed E-state index contributed by atoms with van der Waals surface area (Å²) < 4.78 is 0.851. The van der Waals surface area contributed by atoms with E-state index in [2.05, 4.69) is 26.6 Å². The van der Waals surface area contributed by atoms with Gasteiger partial charge in [0.1, 0.15) is 0 Å². The molecular formula is C14H13BrN2O. The van der Waals surface area contributed by atoms with E-state index in [4.69, 9.17) is 0 Å². The highest BCUT2D eigenvalue weighted by molar-refractivity contribution is 9.10. The lowest BCUT2D eigenvalue weighted by Crippen LogP contribution is -2.19. The Kier molecular flexibility index (Phi) is 3.99. The number of rotatable bonds is 2. The van der Waals surface area contributed by atoms with E-state index in [0.717, 1.165) is 21.4 Å². The van der Waals surface area contributed by atoms with Crippen LogP contribution in [0.4, 0.5) is 16.2 Å². The first kappa shape index (κ1) is 12.6. The molecule has 0 saturated heterocycles. The van der Waals surface area contributed by atoms with Crippen LogP contribution in [0.3, 0.4) is 0 Å². The van der Waals surface area contributed by atoms with Gasteiger partial charge in [-0.15, -0.1) is 0 Å². The SMILES string of the molecule is Cc1cccc(NC(=O)Nc2ccccc2Br)c1. The molecule has 2 aromatic rings. The quantitative estimate of drug-likeness (QED) is 0.848. The standard InChI is InChI=1S/C14H13BrN2O/c1-10-5-4-6-11(9-10)16-14(18)17-13-8-3-2-7-12(13)15/h2-9H,1H3,(H2,16,17,18). The molecule has 2 N–H and O–H groups in total. The second-order valence-electron chi connectivity index (χ2n) is 3.93. The number of urea groups is 1. The number of hydrogen-bond acceptors (Lipinski definition) is 1. The van der Waals surface area contributed by atoms with Crippen LogP contribution in [-0.4, -0.2) is 6.03 Å². The molecule has 4 heteroatoms. The van der Waals surface area contributed by atoms with Gasteiger partial charge in [0.15, 0.2) is 0 Å². The van der Waals surface area contributed by atoms with Gasteiger partial charge in [0.05, 0.1) is 5.69 Å². The number of benzene rings is 2. The smallest absolute Gasteiger partial charge is 0.308 e. The lowest BCUT2D eigenvalue weighted by Gasteiger charge is -2.09. The number of amides is 2. The normalized spacial score (nSPS) is 9.89. The molecule has 0 atom stereocenters. The predicted octanol–water partition coefficient (Wildman–Crippen LogP) is 4.40. The van der Waals surface area contributed by atoms with Gasteiger partial charge in [-0.3, -0.25) is 0 Å². The molecule has 0 spiro atoms. The van der Waals surface area contributed by atoms with Crippen LogP contribution in [0.25, 0.3) is 0 Å². The van der Waals surface area contributed by atoms with Crippen molar-refractivity contribution in [3.8, 4) is 0 Å². The maximum atomic E-state index is 11.8. The highest BCUT2D eigenvalue weighted by atomic mass is 79.9. The number of hydrogen-bond donors (Lipinski definition) is 2. The van der Waals surface area contributed by atoms with E-state index in [1.165, 1.54) is 0 Å². The topological polar surface area (TPSA) is 41.1 Å². The zero-order chi connectivity index (χ0) is 13.0. The molecule has 0 fully saturated rings. The van der Waals surface area contributed by atoms with Gasteiger partial charge in [-0.05, 0) is 52.7 Å². The number of anilines is 2. The van der Waals surface area contributed by atoms with Crippen LogP contribution >= 0.6 is 15.9 Å². The van der Waals surface area contributed by atoms with Crippen molar-refractivity contribution in [3.63, 3.8) is 0 Å². The molecule has 92 valence electrons. The molecule has 0 saturated carbocycles. The van der Waals surface area contributed by atoms with Crippen LogP contribution in [0.1, 0.15) is 5.56 Å². The summed E-state index contributed by atoms with van der Waals surface area (Å²) in [6, 6.07) is 14.9. The van der Waals surface area contributed by atoms with Crippen molar-refractivity contribution in [2.75, 3.05) is 10.6 Å². The van der Waals surface area contributed by atoms with E-state index in [1.807, 2.05) is 55.5 Å². The minimum atomic E-state index is -0.257. The molecule has 0 aliphatic rings. The first-order chi connectivity index (χ1) is 8.65. The lowest BCUT2D eigenvalue weighted by molar-refractivity contribution is 0.262. The van der Waals surface area contributed by atoms with Crippen LogP contribution in [0.15, 0.2) is 53.0 Å². The fourth-order valence-electron chi connectivity index (χ4n) is 1.57. The zero-order valence-electron chi connectivity index (χ0n) is 9.91. The molecule has 2 rings (SSSR count). The van der Waals surface area contributed by atoms with E-state index >= 15 is 0 Å². The third kappa shape index (κ3) is 3.34. The fraction of sp³-hybridized carbons (Fsp3) is 0.0714. The Bertz CT molecular complexity index is 569. The summed E-state index contributed by atoms with van der Waals surface area (Å²) in [4.78, 5) is 11.8. The molecule has 3 nitrogen and oxygen atoms in total. The van der Waals surface area contributed by atoms with Gasteiger partial charge in [0.25, 0.3) is 0 Å². The molecule has 0 aliphatic carbocycles. The highest BCUT2D eigenvalue weighted by Gasteiger charge is 2.04. The van der Waals surface area contributed by atoms with Crippen LogP contribution < -0.4 is 10.6 Å². The van der Waals surface area contributed by atoms with Gasteiger partial charge in [0, 0.05) is 10.2 Å².